The molecule has 0 saturated carbocycles. The van der Waals surface area contributed by atoms with E-state index in [2.05, 4.69) is 4.72 Å². The summed E-state index contributed by atoms with van der Waals surface area (Å²) in [6.45, 7) is 3.69. The summed E-state index contributed by atoms with van der Waals surface area (Å²) < 4.78 is 37.8. The molecule has 3 aromatic rings. The van der Waals surface area contributed by atoms with Crippen LogP contribution in [0.5, 0.6) is 0 Å². The van der Waals surface area contributed by atoms with Gasteiger partial charge in [-0.05, 0) is 49.7 Å². The van der Waals surface area contributed by atoms with Gasteiger partial charge in [0, 0.05) is 12.6 Å². The van der Waals surface area contributed by atoms with E-state index in [1.807, 2.05) is 44.2 Å². The van der Waals surface area contributed by atoms with E-state index in [0.717, 1.165) is 5.56 Å². The standard InChI is InChI=1S/C24H26N2O6S/c1-18(2)26(16-19-8-4-3-5-9-19)23(27)17-32-24(28)20-10-6-12-22(14-20)33(29,30)25-15-21-11-7-13-31-21/h3-14,18,25H,15-17H2,1-2H3. The molecule has 0 spiro atoms. The summed E-state index contributed by atoms with van der Waals surface area (Å²) in [5.41, 5.74) is 0.994. The lowest BCUT2D eigenvalue weighted by molar-refractivity contribution is -0.136. The van der Waals surface area contributed by atoms with Crippen LogP contribution in [0.3, 0.4) is 0 Å². The highest BCUT2D eigenvalue weighted by atomic mass is 32.2. The highest BCUT2D eigenvalue weighted by molar-refractivity contribution is 7.89. The number of ether oxygens (including phenoxy) is 1. The predicted molar refractivity (Wildman–Crippen MR) is 122 cm³/mol. The van der Waals surface area contributed by atoms with Gasteiger partial charge >= 0.3 is 5.97 Å². The van der Waals surface area contributed by atoms with Gasteiger partial charge in [-0.2, -0.15) is 0 Å². The Bertz CT molecular complexity index is 1170. The van der Waals surface area contributed by atoms with Gasteiger partial charge in [-0.25, -0.2) is 17.9 Å². The minimum absolute atomic E-state index is 0.0229. The van der Waals surface area contributed by atoms with Gasteiger partial charge < -0.3 is 14.1 Å². The third-order valence-electron chi connectivity index (χ3n) is 4.86. The fourth-order valence-electron chi connectivity index (χ4n) is 3.09. The van der Waals surface area contributed by atoms with Gasteiger partial charge in [0.2, 0.25) is 10.0 Å². The topological polar surface area (TPSA) is 106 Å². The normalized spacial score (nSPS) is 11.4. The molecule has 8 nitrogen and oxygen atoms in total. The van der Waals surface area contributed by atoms with Crippen LogP contribution in [0, 0.1) is 0 Å². The first kappa shape index (κ1) is 24.2. The van der Waals surface area contributed by atoms with Crippen LogP contribution in [0.1, 0.15) is 35.5 Å². The van der Waals surface area contributed by atoms with Crippen molar-refractivity contribution in [2.75, 3.05) is 6.61 Å². The zero-order valence-electron chi connectivity index (χ0n) is 18.4. The largest absolute Gasteiger partial charge is 0.468 e. The predicted octanol–water partition coefficient (Wildman–Crippen LogP) is 3.35. The number of amides is 1. The molecule has 0 bridgehead atoms. The molecule has 1 amide bonds. The lowest BCUT2D eigenvalue weighted by Crippen LogP contribution is -2.39. The summed E-state index contributed by atoms with van der Waals surface area (Å²) in [4.78, 5) is 26.7. The second-order valence-electron chi connectivity index (χ2n) is 7.61. The molecule has 0 atom stereocenters. The van der Waals surface area contributed by atoms with Crippen molar-refractivity contribution in [2.24, 2.45) is 0 Å². The van der Waals surface area contributed by atoms with E-state index in [1.54, 1.807) is 17.0 Å². The fraction of sp³-hybridized carbons (Fsp3) is 0.250. The lowest BCUT2D eigenvalue weighted by atomic mass is 10.2. The van der Waals surface area contributed by atoms with Crippen molar-refractivity contribution in [2.45, 2.75) is 37.9 Å². The van der Waals surface area contributed by atoms with E-state index in [0.29, 0.717) is 12.3 Å². The molecule has 1 N–H and O–H groups in total. The molecule has 1 heterocycles. The fourth-order valence-corrected chi connectivity index (χ4v) is 4.12. The second kappa shape index (κ2) is 10.9. The summed E-state index contributed by atoms with van der Waals surface area (Å²) in [6, 6.07) is 18.2. The van der Waals surface area contributed by atoms with Crippen molar-refractivity contribution in [3.8, 4) is 0 Å². The Hall–Kier alpha value is -3.43. The van der Waals surface area contributed by atoms with Crippen LogP contribution in [0.2, 0.25) is 0 Å². The van der Waals surface area contributed by atoms with Gasteiger partial charge in [-0.15, -0.1) is 0 Å². The van der Waals surface area contributed by atoms with E-state index in [9.17, 15) is 18.0 Å². The highest BCUT2D eigenvalue weighted by Crippen LogP contribution is 2.14. The van der Waals surface area contributed by atoms with Crippen molar-refractivity contribution in [1.29, 1.82) is 0 Å². The zero-order valence-corrected chi connectivity index (χ0v) is 19.2. The maximum absolute atomic E-state index is 12.7. The number of furan rings is 1. The Morgan fingerprint density at radius 2 is 1.79 bits per heavy atom. The van der Waals surface area contributed by atoms with Crippen LogP contribution in [0.4, 0.5) is 0 Å². The first-order valence-electron chi connectivity index (χ1n) is 10.4. The Balaban J connectivity index is 1.62. The van der Waals surface area contributed by atoms with E-state index in [-0.39, 0.29) is 29.0 Å². The zero-order chi connectivity index (χ0) is 23.8. The van der Waals surface area contributed by atoms with Crippen LogP contribution in [0.15, 0.2) is 82.3 Å². The minimum atomic E-state index is -3.88. The number of hydrogen-bond acceptors (Lipinski definition) is 6. The van der Waals surface area contributed by atoms with Crippen LogP contribution >= 0.6 is 0 Å². The van der Waals surface area contributed by atoms with Crippen molar-refractivity contribution < 1.29 is 27.2 Å². The number of hydrogen-bond donors (Lipinski definition) is 1. The molecule has 9 heteroatoms. The summed E-state index contributed by atoms with van der Waals surface area (Å²) in [7, 11) is -3.88. The van der Waals surface area contributed by atoms with Crippen molar-refractivity contribution in [3.63, 3.8) is 0 Å². The molecule has 0 aliphatic heterocycles. The van der Waals surface area contributed by atoms with Gasteiger partial charge in [0.05, 0.1) is 23.3 Å². The number of benzene rings is 2. The Morgan fingerprint density at radius 1 is 1.03 bits per heavy atom. The highest BCUT2D eigenvalue weighted by Gasteiger charge is 2.21. The maximum atomic E-state index is 12.7. The Labute approximate surface area is 193 Å². The third kappa shape index (κ3) is 6.77. The number of rotatable bonds is 10. The first-order valence-corrected chi connectivity index (χ1v) is 11.9. The number of nitrogens with zero attached hydrogens (tertiary/aromatic N) is 1. The number of nitrogens with one attached hydrogen (secondary N) is 1. The Morgan fingerprint density at radius 3 is 2.45 bits per heavy atom. The number of carbonyl (C=O) groups excluding carboxylic acids is 2. The number of carbonyl (C=O) groups is 2. The molecule has 1 aromatic heterocycles. The summed E-state index contributed by atoms with van der Waals surface area (Å²) in [5.74, 6) is -0.668. The summed E-state index contributed by atoms with van der Waals surface area (Å²) >= 11 is 0. The molecule has 0 aliphatic rings. The third-order valence-corrected chi connectivity index (χ3v) is 6.26. The quantitative estimate of drug-likeness (QED) is 0.456. The molecule has 3 rings (SSSR count). The number of sulfonamides is 1. The van der Waals surface area contributed by atoms with Gasteiger partial charge in [0.1, 0.15) is 5.76 Å². The average Bonchev–Trinajstić information content (AvgIpc) is 3.34. The molecule has 0 unspecified atom stereocenters. The monoisotopic (exact) mass is 470 g/mol. The maximum Gasteiger partial charge on any atom is 0.338 e. The molecular formula is C24H26N2O6S. The van der Waals surface area contributed by atoms with Crippen molar-refractivity contribution in [3.05, 3.63) is 89.9 Å². The van der Waals surface area contributed by atoms with Crippen LogP contribution in [0.25, 0.3) is 0 Å². The smallest absolute Gasteiger partial charge is 0.338 e. The molecule has 0 saturated heterocycles. The average molecular weight is 471 g/mol. The lowest BCUT2D eigenvalue weighted by Gasteiger charge is -2.26. The van der Waals surface area contributed by atoms with Gasteiger partial charge in [-0.3, -0.25) is 4.79 Å². The Kier molecular flexibility index (Phi) is 8.02. The van der Waals surface area contributed by atoms with E-state index < -0.39 is 22.6 Å². The molecule has 0 fully saturated rings. The molecule has 0 aliphatic carbocycles. The van der Waals surface area contributed by atoms with Gasteiger partial charge in [0.25, 0.3) is 5.91 Å². The molecule has 33 heavy (non-hydrogen) atoms. The van der Waals surface area contributed by atoms with Crippen LogP contribution in [-0.2, 0) is 32.6 Å². The van der Waals surface area contributed by atoms with Crippen molar-refractivity contribution >= 4 is 21.9 Å². The second-order valence-corrected chi connectivity index (χ2v) is 9.38. The van der Waals surface area contributed by atoms with Gasteiger partial charge in [-0.1, -0.05) is 36.4 Å². The minimum Gasteiger partial charge on any atom is -0.468 e. The van der Waals surface area contributed by atoms with Crippen LogP contribution in [-0.4, -0.2) is 37.8 Å². The SMILES string of the molecule is CC(C)N(Cc1ccccc1)C(=O)COC(=O)c1cccc(S(=O)(=O)NCc2ccco2)c1. The number of esters is 1. The van der Waals surface area contributed by atoms with E-state index in [1.165, 1.54) is 30.5 Å². The molecule has 0 radical (unpaired) electrons. The van der Waals surface area contributed by atoms with Crippen LogP contribution < -0.4 is 4.72 Å². The van der Waals surface area contributed by atoms with Crippen molar-refractivity contribution in [1.82, 2.24) is 9.62 Å². The van der Waals surface area contributed by atoms with E-state index >= 15 is 0 Å². The molecule has 2 aromatic carbocycles. The first-order chi connectivity index (χ1) is 15.8. The summed E-state index contributed by atoms with van der Waals surface area (Å²) in [6.07, 6.45) is 1.45. The van der Waals surface area contributed by atoms with E-state index in [4.69, 9.17) is 9.15 Å². The summed E-state index contributed by atoms with van der Waals surface area (Å²) in [5, 5.41) is 0. The molecular weight excluding hydrogens is 444 g/mol. The van der Waals surface area contributed by atoms with Gasteiger partial charge in [0.15, 0.2) is 6.61 Å². The molecule has 174 valence electrons.